The highest BCUT2D eigenvalue weighted by Gasteiger charge is 2.30. The Labute approximate surface area is 132 Å². The standard InChI is InChI=1S/C16H28N4S/c1-4-17-10-14-16(12-5-6-12)18-15(21-14)9-13-11-19(2)7-8-20(13)3/h12-13,17H,4-11H2,1-3H3. The van der Waals surface area contributed by atoms with Crippen molar-refractivity contribution in [2.24, 2.45) is 0 Å². The third-order valence-electron chi connectivity index (χ3n) is 4.66. The van der Waals surface area contributed by atoms with Crippen LogP contribution in [0, 0.1) is 0 Å². The molecule has 118 valence electrons. The van der Waals surface area contributed by atoms with E-state index in [1.165, 1.54) is 41.5 Å². The van der Waals surface area contributed by atoms with Crippen molar-refractivity contribution in [3.05, 3.63) is 15.6 Å². The molecule has 1 saturated heterocycles. The molecule has 2 fully saturated rings. The average molecular weight is 308 g/mol. The van der Waals surface area contributed by atoms with Gasteiger partial charge in [-0.15, -0.1) is 11.3 Å². The highest BCUT2D eigenvalue weighted by atomic mass is 32.1. The highest BCUT2D eigenvalue weighted by molar-refractivity contribution is 7.11. The number of nitrogens with one attached hydrogen (secondary N) is 1. The lowest BCUT2D eigenvalue weighted by Crippen LogP contribution is -2.50. The summed E-state index contributed by atoms with van der Waals surface area (Å²) in [6.45, 7) is 7.73. The quantitative estimate of drug-likeness (QED) is 0.870. The van der Waals surface area contributed by atoms with Gasteiger partial charge < -0.3 is 15.1 Å². The maximum atomic E-state index is 5.01. The van der Waals surface area contributed by atoms with Gasteiger partial charge in [-0.05, 0) is 33.5 Å². The second kappa shape index (κ2) is 6.73. The molecular formula is C16H28N4S. The van der Waals surface area contributed by atoms with Crippen molar-refractivity contribution < 1.29 is 0 Å². The van der Waals surface area contributed by atoms with E-state index in [2.05, 4.69) is 36.1 Å². The number of nitrogens with zero attached hydrogens (tertiary/aromatic N) is 3. The van der Waals surface area contributed by atoms with Crippen LogP contribution in [-0.4, -0.2) is 61.1 Å². The largest absolute Gasteiger partial charge is 0.312 e. The van der Waals surface area contributed by atoms with Crippen LogP contribution in [0.4, 0.5) is 0 Å². The first kappa shape index (κ1) is 15.4. The summed E-state index contributed by atoms with van der Waals surface area (Å²) in [5, 5.41) is 4.82. The highest BCUT2D eigenvalue weighted by Crippen LogP contribution is 2.42. The molecule has 1 atom stereocenters. The van der Waals surface area contributed by atoms with Crippen LogP contribution in [0.15, 0.2) is 0 Å². The molecule has 1 aliphatic carbocycles. The van der Waals surface area contributed by atoms with E-state index < -0.39 is 0 Å². The molecule has 0 aromatic carbocycles. The lowest BCUT2D eigenvalue weighted by molar-refractivity contribution is 0.114. The van der Waals surface area contributed by atoms with Crippen molar-refractivity contribution in [2.45, 2.75) is 44.7 Å². The molecule has 2 heterocycles. The van der Waals surface area contributed by atoms with Gasteiger partial charge in [-0.2, -0.15) is 0 Å². The molecule has 1 N–H and O–H groups in total. The van der Waals surface area contributed by atoms with Crippen molar-refractivity contribution in [3.8, 4) is 0 Å². The number of aromatic nitrogens is 1. The zero-order chi connectivity index (χ0) is 14.8. The number of rotatable bonds is 6. The second-order valence-electron chi connectivity index (χ2n) is 6.57. The Kier molecular flexibility index (Phi) is 4.94. The molecule has 1 aromatic heterocycles. The van der Waals surface area contributed by atoms with Gasteiger partial charge in [0.15, 0.2) is 0 Å². The Morgan fingerprint density at radius 2 is 2.10 bits per heavy atom. The molecule has 2 aliphatic rings. The Morgan fingerprint density at radius 1 is 1.29 bits per heavy atom. The summed E-state index contributed by atoms with van der Waals surface area (Å²) >= 11 is 1.95. The van der Waals surface area contributed by atoms with Gasteiger partial charge in [0.25, 0.3) is 0 Å². The lowest BCUT2D eigenvalue weighted by Gasteiger charge is -2.37. The molecule has 0 spiro atoms. The molecule has 1 unspecified atom stereocenters. The third kappa shape index (κ3) is 3.83. The fraction of sp³-hybridized carbons (Fsp3) is 0.812. The number of piperazine rings is 1. The van der Waals surface area contributed by atoms with Crippen LogP contribution in [0.1, 0.15) is 41.3 Å². The fourth-order valence-corrected chi connectivity index (χ4v) is 4.26. The predicted octanol–water partition coefficient (Wildman–Crippen LogP) is 1.92. The Morgan fingerprint density at radius 3 is 2.81 bits per heavy atom. The second-order valence-corrected chi connectivity index (χ2v) is 7.74. The molecule has 3 rings (SSSR count). The van der Waals surface area contributed by atoms with Crippen molar-refractivity contribution >= 4 is 11.3 Å². The van der Waals surface area contributed by atoms with E-state index in [1.54, 1.807) is 0 Å². The summed E-state index contributed by atoms with van der Waals surface area (Å²) in [5.41, 5.74) is 1.41. The van der Waals surface area contributed by atoms with Gasteiger partial charge >= 0.3 is 0 Å². The summed E-state index contributed by atoms with van der Waals surface area (Å²) in [5.74, 6) is 0.760. The molecule has 5 heteroatoms. The zero-order valence-corrected chi connectivity index (χ0v) is 14.4. The van der Waals surface area contributed by atoms with Crippen LogP contribution >= 0.6 is 11.3 Å². The molecule has 4 nitrogen and oxygen atoms in total. The van der Waals surface area contributed by atoms with E-state index in [4.69, 9.17) is 4.98 Å². The fourth-order valence-electron chi connectivity index (χ4n) is 3.07. The first-order chi connectivity index (χ1) is 10.2. The maximum absolute atomic E-state index is 5.01. The van der Waals surface area contributed by atoms with Crippen molar-refractivity contribution in [2.75, 3.05) is 40.3 Å². The third-order valence-corrected chi connectivity index (χ3v) is 5.76. The van der Waals surface area contributed by atoms with E-state index in [9.17, 15) is 0 Å². The maximum Gasteiger partial charge on any atom is 0.0947 e. The smallest absolute Gasteiger partial charge is 0.0947 e. The van der Waals surface area contributed by atoms with Crippen LogP contribution in [0.5, 0.6) is 0 Å². The summed E-state index contributed by atoms with van der Waals surface area (Å²) < 4.78 is 0. The van der Waals surface area contributed by atoms with Crippen molar-refractivity contribution in [3.63, 3.8) is 0 Å². The van der Waals surface area contributed by atoms with Gasteiger partial charge in [-0.1, -0.05) is 6.92 Å². The van der Waals surface area contributed by atoms with E-state index >= 15 is 0 Å². The minimum Gasteiger partial charge on any atom is -0.312 e. The number of hydrogen-bond donors (Lipinski definition) is 1. The zero-order valence-electron chi connectivity index (χ0n) is 13.6. The van der Waals surface area contributed by atoms with Crippen LogP contribution in [0.25, 0.3) is 0 Å². The molecule has 21 heavy (non-hydrogen) atoms. The van der Waals surface area contributed by atoms with E-state index in [0.717, 1.165) is 32.0 Å². The first-order valence-electron chi connectivity index (χ1n) is 8.25. The number of likely N-dealkylation sites (N-methyl/N-ethyl adjacent to an activating group) is 2. The van der Waals surface area contributed by atoms with E-state index in [-0.39, 0.29) is 0 Å². The minimum atomic E-state index is 0.619. The molecule has 1 saturated carbocycles. The lowest BCUT2D eigenvalue weighted by atomic mass is 10.1. The summed E-state index contributed by atoms with van der Waals surface area (Å²) in [6.07, 6.45) is 3.79. The van der Waals surface area contributed by atoms with Gasteiger partial charge in [0.05, 0.1) is 10.7 Å². The van der Waals surface area contributed by atoms with Crippen LogP contribution < -0.4 is 5.32 Å². The van der Waals surface area contributed by atoms with Crippen LogP contribution in [0.2, 0.25) is 0 Å². The van der Waals surface area contributed by atoms with Crippen molar-refractivity contribution in [1.82, 2.24) is 20.1 Å². The first-order valence-corrected chi connectivity index (χ1v) is 9.07. The topological polar surface area (TPSA) is 31.4 Å². The van der Waals surface area contributed by atoms with Crippen LogP contribution in [0.3, 0.4) is 0 Å². The van der Waals surface area contributed by atoms with E-state index in [1.807, 2.05) is 11.3 Å². The van der Waals surface area contributed by atoms with Gasteiger partial charge in [0, 0.05) is 49.4 Å². The van der Waals surface area contributed by atoms with Gasteiger partial charge in [0.1, 0.15) is 0 Å². The molecular weight excluding hydrogens is 280 g/mol. The molecule has 0 radical (unpaired) electrons. The Hall–Kier alpha value is -0.490. The monoisotopic (exact) mass is 308 g/mol. The summed E-state index contributed by atoms with van der Waals surface area (Å²) in [6, 6.07) is 0.619. The molecule has 1 aromatic rings. The average Bonchev–Trinajstić information content (AvgIpc) is 3.23. The number of thiazole rings is 1. The van der Waals surface area contributed by atoms with E-state index in [0.29, 0.717) is 6.04 Å². The van der Waals surface area contributed by atoms with Gasteiger partial charge in [-0.25, -0.2) is 4.98 Å². The molecule has 0 amide bonds. The molecule has 0 bridgehead atoms. The SMILES string of the molecule is CCNCc1sc(CC2CN(C)CCN2C)nc1C1CC1. The Balaban J connectivity index is 1.69. The molecule has 1 aliphatic heterocycles. The normalized spacial score (nSPS) is 24.6. The van der Waals surface area contributed by atoms with Gasteiger partial charge in [0.2, 0.25) is 0 Å². The van der Waals surface area contributed by atoms with Gasteiger partial charge in [-0.3, -0.25) is 0 Å². The Bertz CT molecular complexity index is 469. The van der Waals surface area contributed by atoms with Crippen molar-refractivity contribution in [1.29, 1.82) is 0 Å². The predicted molar refractivity (Wildman–Crippen MR) is 89.1 cm³/mol. The van der Waals surface area contributed by atoms with Crippen LogP contribution in [-0.2, 0) is 13.0 Å². The summed E-state index contributed by atoms with van der Waals surface area (Å²) in [4.78, 5) is 11.4. The summed E-state index contributed by atoms with van der Waals surface area (Å²) in [7, 11) is 4.49. The number of hydrogen-bond acceptors (Lipinski definition) is 5. The minimum absolute atomic E-state index is 0.619.